The molecule has 0 aliphatic heterocycles. The lowest BCUT2D eigenvalue weighted by Gasteiger charge is -2.03. The minimum Gasteiger partial charge on any atom is -0.305 e. The zero-order chi connectivity index (χ0) is 39.2. The third kappa shape index (κ3) is 9.95. The molecule has 3 N–H and O–H groups in total. The van der Waals surface area contributed by atoms with Gasteiger partial charge in [0.1, 0.15) is 17.1 Å². The molecule has 0 saturated carbocycles. The van der Waals surface area contributed by atoms with Gasteiger partial charge < -0.3 is 15.0 Å². The van der Waals surface area contributed by atoms with Gasteiger partial charge in [-0.3, -0.25) is 44.3 Å². The van der Waals surface area contributed by atoms with Crippen molar-refractivity contribution >= 4 is 0 Å². The summed E-state index contributed by atoms with van der Waals surface area (Å²) in [5.41, 5.74) is 4.76. The Morgan fingerprint density at radius 2 is 0.509 bits per heavy atom. The minimum absolute atomic E-state index is 0.226. The van der Waals surface area contributed by atoms with Crippen molar-refractivity contribution in [2.75, 3.05) is 0 Å². The van der Waals surface area contributed by atoms with Gasteiger partial charge in [0.05, 0.1) is 34.2 Å². The van der Waals surface area contributed by atoms with Crippen LogP contribution in [-0.4, -0.2) is 59.8 Å². The Morgan fingerprint density at radius 3 is 0.719 bits per heavy atom. The highest BCUT2D eigenvalue weighted by Gasteiger charge is 2.09. The lowest BCUT2D eigenvalue weighted by Crippen LogP contribution is -2.09. The molecule has 15 nitrogen and oxygen atoms in total. The zero-order valence-corrected chi connectivity index (χ0v) is 29.8. The topological polar surface area (TPSA) is 215 Å². The number of aromatic amines is 3. The summed E-state index contributed by atoms with van der Waals surface area (Å²) in [6, 6.07) is 37.0. The van der Waals surface area contributed by atoms with Gasteiger partial charge >= 0.3 is 0 Å². The Morgan fingerprint density at radius 1 is 0.281 bits per heavy atom. The van der Waals surface area contributed by atoms with Gasteiger partial charge in [-0.15, -0.1) is 0 Å². The first-order valence-corrected chi connectivity index (χ1v) is 17.3. The molecule has 276 valence electrons. The fourth-order valence-electron chi connectivity index (χ4n) is 5.18. The molecule has 57 heavy (non-hydrogen) atoms. The maximum atomic E-state index is 11.7. The van der Waals surface area contributed by atoms with Crippen LogP contribution in [0.2, 0.25) is 0 Å². The van der Waals surface area contributed by atoms with E-state index < -0.39 is 0 Å². The van der Waals surface area contributed by atoms with Crippen LogP contribution in [0.3, 0.4) is 0 Å². The predicted molar refractivity (Wildman–Crippen MR) is 214 cm³/mol. The average Bonchev–Trinajstić information content (AvgIpc) is 3.28. The van der Waals surface area contributed by atoms with E-state index >= 15 is 0 Å². The van der Waals surface area contributed by atoms with Gasteiger partial charge in [-0.1, -0.05) is 36.4 Å². The van der Waals surface area contributed by atoms with Gasteiger partial charge in [-0.2, -0.15) is 0 Å². The predicted octanol–water partition coefficient (Wildman–Crippen LogP) is 5.68. The smallest absolute Gasteiger partial charge is 0.251 e. The van der Waals surface area contributed by atoms with Crippen molar-refractivity contribution in [2.45, 2.75) is 0 Å². The Bertz CT molecular complexity index is 2350. The molecule has 0 spiro atoms. The Hall–Kier alpha value is -8.46. The molecule has 0 radical (unpaired) electrons. The third-order valence-electron chi connectivity index (χ3n) is 7.73. The fourth-order valence-corrected chi connectivity index (χ4v) is 5.18. The quantitative estimate of drug-likeness (QED) is 0.187. The van der Waals surface area contributed by atoms with Crippen LogP contribution in [0.5, 0.6) is 0 Å². The van der Waals surface area contributed by atoms with Crippen molar-refractivity contribution in [3.63, 3.8) is 0 Å². The standard InChI is InChI=1S/3C14H10N4O/c3*19-13-9-12(10-5-1-3-7-15-10)17-14(18-13)11-6-2-4-8-16-11/h3*1-9H,(H,17,18,19). The van der Waals surface area contributed by atoms with Gasteiger partial charge in [0.2, 0.25) is 0 Å². The number of hydrogen-bond acceptors (Lipinski definition) is 12. The van der Waals surface area contributed by atoms with E-state index in [1.54, 1.807) is 55.4 Å². The molecule has 0 amide bonds. The van der Waals surface area contributed by atoms with E-state index in [9.17, 15) is 14.4 Å². The summed E-state index contributed by atoms with van der Waals surface area (Å²) in [6.07, 6.45) is 9.96. The zero-order valence-electron chi connectivity index (χ0n) is 29.8. The summed E-state index contributed by atoms with van der Waals surface area (Å²) in [5.74, 6) is 1.32. The van der Waals surface area contributed by atoms with Crippen molar-refractivity contribution in [1.82, 2.24) is 59.8 Å². The molecular formula is C42H30N12O3. The molecule has 0 saturated heterocycles. The number of nitrogens with one attached hydrogen (secondary N) is 3. The molecule has 0 aliphatic carbocycles. The summed E-state index contributed by atoms with van der Waals surface area (Å²) < 4.78 is 0. The van der Waals surface area contributed by atoms with Crippen LogP contribution in [0.1, 0.15) is 0 Å². The molecule has 9 aromatic rings. The van der Waals surface area contributed by atoms with Crippen LogP contribution in [-0.2, 0) is 0 Å². The fraction of sp³-hybridized carbons (Fsp3) is 0. The van der Waals surface area contributed by atoms with Crippen molar-refractivity contribution < 1.29 is 0 Å². The highest BCUT2D eigenvalue weighted by atomic mass is 16.1. The van der Waals surface area contributed by atoms with Gasteiger partial charge in [0, 0.05) is 55.4 Å². The van der Waals surface area contributed by atoms with Crippen molar-refractivity contribution in [2.24, 2.45) is 0 Å². The highest BCUT2D eigenvalue weighted by Crippen LogP contribution is 2.18. The summed E-state index contributed by atoms with van der Waals surface area (Å²) >= 11 is 0. The summed E-state index contributed by atoms with van der Waals surface area (Å²) in [7, 11) is 0. The van der Waals surface area contributed by atoms with Crippen LogP contribution in [0.25, 0.3) is 68.7 Å². The Balaban J connectivity index is 0.000000131. The lowest BCUT2D eigenvalue weighted by molar-refractivity contribution is 1.10. The number of rotatable bonds is 6. The number of hydrogen-bond donors (Lipinski definition) is 3. The number of pyridine rings is 6. The first-order chi connectivity index (χ1) is 28.0. The monoisotopic (exact) mass is 750 g/mol. The first-order valence-electron chi connectivity index (χ1n) is 17.3. The van der Waals surface area contributed by atoms with Gasteiger partial charge in [-0.05, 0) is 72.8 Å². The number of nitrogens with zero attached hydrogens (tertiary/aromatic N) is 9. The number of aromatic nitrogens is 12. The van der Waals surface area contributed by atoms with E-state index in [-0.39, 0.29) is 16.7 Å². The molecule has 15 heteroatoms. The van der Waals surface area contributed by atoms with Crippen LogP contribution in [0, 0.1) is 0 Å². The normalized spacial score (nSPS) is 10.3. The summed E-state index contributed by atoms with van der Waals surface area (Å²) in [6.45, 7) is 0. The Kier molecular flexibility index (Phi) is 11.7. The van der Waals surface area contributed by atoms with E-state index in [4.69, 9.17) is 0 Å². The van der Waals surface area contributed by atoms with Gasteiger partial charge in [0.15, 0.2) is 17.5 Å². The van der Waals surface area contributed by atoms with Crippen LogP contribution in [0.4, 0.5) is 0 Å². The van der Waals surface area contributed by atoms with Crippen molar-refractivity contribution in [3.05, 3.63) is 196 Å². The second kappa shape index (κ2) is 18.0. The van der Waals surface area contributed by atoms with E-state index in [0.717, 1.165) is 0 Å². The molecule has 9 rings (SSSR count). The van der Waals surface area contributed by atoms with Crippen molar-refractivity contribution in [1.29, 1.82) is 0 Å². The molecular weight excluding hydrogens is 721 g/mol. The molecule has 0 aromatic carbocycles. The minimum atomic E-state index is -0.226. The third-order valence-corrected chi connectivity index (χ3v) is 7.73. The second-order valence-corrected chi connectivity index (χ2v) is 11.7. The van der Waals surface area contributed by atoms with Gasteiger partial charge in [-0.25, -0.2) is 15.0 Å². The van der Waals surface area contributed by atoms with Gasteiger partial charge in [0.25, 0.3) is 16.7 Å². The molecule has 9 aromatic heterocycles. The maximum absolute atomic E-state index is 11.7. The summed E-state index contributed by atoms with van der Waals surface area (Å²) in [5, 5.41) is 0. The number of H-pyrrole nitrogens is 3. The first kappa shape index (κ1) is 36.9. The largest absolute Gasteiger partial charge is 0.305 e. The lowest BCUT2D eigenvalue weighted by atomic mass is 10.2. The average molecular weight is 751 g/mol. The highest BCUT2D eigenvalue weighted by molar-refractivity contribution is 5.60. The molecule has 0 atom stereocenters. The van der Waals surface area contributed by atoms with E-state index in [0.29, 0.717) is 68.7 Å². The SMILES string of the molecule is O=c1cc(-c2ccccn2)nc(-c2ccccn2)[nH]1.O=c1cc(-c2ccccn2)nc(-c2ccccn2)[nH]1.O=c1cc(-c2ccccn2)nc(-c2ccccn2)[nH]1. The van der Waals surface area contributed by atoms with E-state index in [1.165, 1.54) is 18.2 Å². The van der Waals surface area contributed by atoms with Crippen molar-refractivity contribution in [3.8, 4) is 68.7 Å². The molecule has 0 unspecified atom stereocenters. The molecule has 0 bridgehead atoms. The van der Waals surface area contributed by atoms with Crippen LogP contribution in [0.15, 0.2) is 179 Å². The molecule has 0 aliphatic rings. The molecule has 9 heterocycles. The second-order valence-electron chi connectivity index (χ2n) is 11.7. The maximum Gasteiger partial charge on any atom is 0.251 e. The molecule has 0 fully saturated rings. The van der Waals surface area contributed by atoms with Crippen LogP contribution < -0.4 is 16.7 Å². The summed E-state index contributed by atoms with van der Waals surface area (Å²) in [4.78, 5) is 81.4. The van der Waals surface area contributed by atoms with E-state index in [1.807, 2.05) is 91.0 Å². The Labute approximate surface area is 323 Å². The van der Waals surface area contributed by atoms with E-state index in [2.05, 4.69) is 59.8 Å². The van der Waals surface area contributed by atoms with Crippen LogP contribution >= 0.6 is 0 Å².